The number of aryl methyl sites for hydroxylation is 2. The van der Waals surface area contributed by atoms with E-state index in [2.05, 4.69) is 22.3 Å². The molecule has 0 unspecified atom stereocenters. The molecule has 140 valence electrons. The summed E-state index contributed by atoms with van der Waals surface area (Å²) in [5.41, 5.74) is 4.87. The first kappa shape index (κ1) is 17.9. The summed E-state index contributed by atoms with van der Waals surface area (Å²) in [4.78, 5) is 15.0. The molecule has 3 aliphatic rings. The molecule has 2 fully saturated rings. The third-order valence-corrected chi connectivity index (χ3v) is 6.58. The Morgan fingerprint density at radius 1 is 1.12 bits per heavy atom. The van der Waals surface area contributed by atoms with E-state index in [1.54, 1.807) is 6.26 Å². The molecule has 1 N–H and O–H groups in total. The number of carbonyl (C=O) groups is 1. The summed E-state index contributed by atoms with van der Waals surface area (Å²) in [6.07, 6.45) is 8.11. The standard InChI is InChI=1S/C21H26N2O2.ClH/c24-21(23-6-4-16-11-22-12-17(16)5-7-23)10-18-13-25-20-9-15-3-1-2-14(15)8-19(18)20;/h8-9,13,16-17,22H,1-7,10-12H2;1H/t16-,17+;. The highest BCUT2D eigenvalue weighted by Gasteiger charge is 2.31. The second-order valence-electron chi connectivity index (χ2n) is 8.04. The van der Waals surface area contributed by atoms with Gasteiger partial charge in [0.05, 0.1) is 12.7 Å². The van der Waals surface area contributed by atoms with Gasteiger partial charge in [-0.25, -0.2) is 0 Å². The van der Waals surface area contributed by atoms with Gasteiger partial charge in [0.15, 0.2) is 0 Å². The van der Waals surface area contributed by atoms with Crippen molar-refractivity contribution in [3.8, 4) is 0 Å². The molecule has 0 bridgehead atoms. The SMILES string of the molecule is Cl.O=C(Cc1coc2cc3c(cc12)CCC3)N1CC[C@@H]2CNC[C@@H]2CC1. The van der Waals surface area contributed by atoms with Crippen LogP contribution in [0.4, 0.5) is 0 Å². The maximum absolute atomic E-state index is 12.9. The van der Waals surface area contributed by atoms with Crippen LogP contribution in [0.1, 0.15) is 36.0 Å². The van der Waals surface area contributed by atoms with E-state index >= 15 is 0 Å². The molecule has 0 radical (unpaired) electrons. The van der Waals surface area contributed by atoms with Gasteiger partial charge in [0.2, 0.25) is 5.91 Å². The predicted molar refractivity (Wildman–Crippen MR) is 105 cm³/mol. The lowest BCUT2D eigenvalue weighted by Crippen LogP contribution is -2.33. The highest BCUT2D eigenvalue weighted by Crippen LogP contribution is 2.31. The molecule has 4 nitrogen and oxygen atoms in total. The van der Waals surface area contributed by atoms with Gasteiger partial charge in [0, 0.05) is 24.0 Å². The molecule has 5 heteroatoms. The van der Waals surface area contributed by atoms with Crippen LogP contribution in [0, 0.1) is 11.8 Å². The van der Waals surface area contributed by atoms with E-state index in [9.17, 15) is 4.79 Å². The highest BCUT2D eigenvalue weighted by molar-refractivity contribution is 5.88. The first-order chi connectivity index (χ1) is 12.3. The van der Waals surface area contributed by atoms with Gasteiger partial charge in [0.25, 0.3) is 0 Å². The smallest absolute Gasteiger partial charge is 0.227 e. The number of hydrogen-bond acceptors (Lipinski definition) is 3. The summed E-state index contributed by atoms with van der Waals surface area (Å²) >= 11 is 0. The first-order valence-corrected chi connectivity index (χ1v) is 9.78. The zero-order chi connectivity index (χ0) is 16.8. The van der Waals surface area contributed by atoms with Crippen LogP contribution in [0.3, 0.4) is 0 Å². The maximum atomic E-state index is 12.9. The van der Waals surface area contributed by atoms with Gasteiger partial charge in [-0.2, -0.15) is 0 Å². The Morgan fingerprint density at radius 2 is 1.81 bits per heavy atom. The Balaban J connectivity index is 0.00000168. The molecule has 2 saturated heterocycles. The van der Waals surface area contributed by atoms with Crippen molar-refractivity contribution in [3.63, 3.8) is 0 Å². The number of hydrogen-bond donors (Lipinski definition) is 1. The minimum Gasteiger partial charge on any atom is -0.464 e. The van der Waals surface area contributed by atoms with E-state index in [1.165, 1.54) is 17.5 Å². The second-order valence-corrected chi connectivity index (χ2v) is 8.04. The summed E-state index contributed by atoms with van der Waals surface area (Å²) < 4.78 is 5.77. The van der Waals surface area contributed by atoms with Crippen molar-refractivity contribution in [2.45, 2.75) is 38.5 Å². The van der Waals surface area contributed by atoms with Crippen LogP contribution in [0.2, 0.25) is 0 Å². The number of nitrogens with zero attached hydrogens (tertiary/aromatic N) is 1. The number of benzene rings is 1. The average molecular weight is 375 g/mol. The van der Waals surface area contributed by atoms with Crippen molar-refractivity contribution in [2.24, 2.45) is 11.8 Å². The maximum Gasteiger partial charge on any atom is 0.227 e. The molecule has 2 aliphatic heterocycles. The molecular formula is C21H27ClN2O2. The van der Waals surface area contributed by atoms with Crippen LogP contribution in [-0.2, 0) is 24.1 Å². The lowest BCUT2D eigenvalue weighted by Gasteiger charge is -2.20. The van der Waals surface area contributed by atoms with Gasteiger partial charge in [-0.3, -0.25) is 4.79 Å². The largest absolute Gasteiger partial charge is 0.464 e. The summed E-state index contributed by atoms with van der Waals surface area (Å²) in [5, 5.41) is 4.64. The third-order valence-electron chi connectivity index (χ3n) is 6.58. The summed E-state index contributed by atoms with van der Waals surface area (Å²) in [7, 11) is 0. The number of furan rings is 1. The summed E-state index contributed by atoms with van der Waals surface area (Å²) in [6, 6.07) is 4.45. The van der Waals surface area contributed by atoms with Crippen molar-refractivity contribution in [1.82, 2.24) is 10.2 Å². The van der Waals surface area contributed by atoms with Gasteiger partial charge < -0.3 is 14.6 Å². The lowest BCUT2D eigenvalue weighted by atomic mass is 9.92. The minimum atomic E-state index is 0. The van der Waals surface area contributed by atoms with Gasteiger partial charge in [-0.1, -0.05) is 0 Å². The molecule has 1 aromatic heterocycles. The Bertz CT molecular complexity index is 802. The van der Waals surface area contributed by atoms with Crippen LogP contribution < -0.4 is 5.32 Å². The first-order valence-electron chi connectivity index (χ1n) is 9.78. The van der Waals surface area contributed by atoms with Crippen molar-refractivity contribution >= 4 is 29.3 Å². The van der Waals surface area contributed by atoms with Crippen LogP contribution in [0.5, 0.6) is 0 Å². The topological polar surface area (TPSA) is 45.5 Å². The lowest BCUT2D eigenvalue weighted by molar-refractivity contribution is -0.130. The molecule has 1 aromatic carbocycles. The molecule has 3 heterocycles. The normalized spacial score (nSPS) is 24.8. The summed E-state index contributed by atoms with van der Waals surface area (Å²) in [6.45, 7) is 4.08. The van der Waals surface area contributed by atoms with E-state index in [0.29, 0.717) is 6.42 Å². The van der Waals surface area contributed by atoms with Gasteiger partial charge in [-0.05, 0) is 80.3 Å². The molecule has 26 heavy (non-hydrogen) atoms. The van der Waals surface area contributed by atoms with Gasteiger partial charge >= 0.3 is 0 Å². The van der Waals surface area contributed by atoms with Crippen LogP contribution in [0.15, 0.2) is 22.8 Å². The number of amides is 1. The van der Waals surface area contributed by atoms with Gasteiger partial charge in [0.1, 0.15) is 5.58 Å². The number of nitrogens with one attached hydrogen (secondary N) is 1. The number of likely N-dealkylation sites (tertiary alicyclic amines) is 1. The molecule has 2 aromatic rings. The van der Waals surface area contributed by atoms with Crippen LogP contribution in [0.25, 0.3) is 11.0 Å². The monoisotopic (exact) mass is 374 g/mol. The zero-order valence-electron chi connectivity index (χ0n) is 15.1. The van der Waals surface area contributed by atoms with E-state index in [4.69, 9.17) is 4.42 Å². The third kappa shape index (κ3) is 3.14. The molecule has 1 amide bonds. The van der Waals surface area contributed by atoms with E-state index in [1.807, 2.05) is 0 Å². The van der Waals surface area contributed by atoms with Crippen molar-refractivity contribution in [3.05, 3.63) is 35.1 Å². The highest BCUT2D eigenvalue weighted by atomic mass is 35.5. The summed E-state index contributed by atoms with van der Waals surface area (Å²) in [5.74, 6) is 1.78. The number of carbonyl (C=O) groups excluding carboxylic acids is 1. The van der Waals surface area contributed by atoms with Crippen LogP contribution in [-0.4, -0.2) is 37.0 Å². The fourth-order valence-corrected chi connectivity index (χ4v) is 5.03. The molecule has 5 rings (SSSR count). The molecular weight excluding hydrogens is 348 g/mol. The Morgan fingerprint density at radius 3 is 2.54 bits per heavy atom. The molecule has 1 aliphatic carbocycles. The molecule has 0 spiro atoms. The fourth-order valence-electron chi connectivity index (χ4n) is 5.03. The van der Waals surface area contributed by atoms with Gasteiger partial charge in [-0.15, -0.1) is 12.4 Å². The van der Waals surface area contributed by atoms with E-state index in [-0.39, 0.29) is 18.3 Å². The zero-order valence-corrected chi connectivity index (χ0v) is 15.9. The predicted octanol–water partition coefficient (Wildman–Crippen LogP) is 3.34. The second kappa shape index (κ2) is 7.24. The minimum absolute atomic E-state index is 0. The number of rotatable bonds is 2. The van der Waals surface area contributed by atoms with E-state index < -0.39 is 0 Å². The quantitative estimate of drug-likeness (QED) is 0.876. The number of halogens is 1. The van der Waals surface area contributed by atoms with E-state index in [0.717, 1.165) is 80.2 Å². The van der Waals surface area contributed by atoms with Crippen molar-refractivity contribution < 1.29 is 9.21 Å². The van der Waals surface area contributed by atoms with Crippen molar-refractivity contribution in [1.29, 1.82) is 0 Å². The molecule has 0 saturated carbocycles. The van der Waals surface area contributed by atoms with Crippen LogP contribution >= 0.6 is 12.4 Å². The molecule has 2 atom stereocenters. The Labute approximate surface area is 160 Å². The average Bonchev–Trinajstić information content (AvgIpc) is 3.31. The fraction of sp³-hybridized carbons (Fsp3) is 0.571. The van der Waals surface area contributed by atoms with Crippen molar-refractivity contribution in [2.75, 3.05) is 26.2 Å². The Hall–Kier alpha value is -1.52. The number of fused-ring (bicyclic) bond motifs is 3. The Kier molecular flexibility index (Phi) is 4.98.